The Kier molecular flexibility index (Phi) is 5.21. The molecule has 0 aromatic carbocycles. The number of carbonyl (C=O) groups is 1. The first kappa shape index (κ1) is 17.4. The van der Waals surface area contributed by atoms with Crippen LogP contribution < -0.4 is 5.32 Å². The lowest BCUT2D eigenvalue weighted by molar-refractivity contribution is -0.126. The second kappa shape index (κ2) is 7.20. The number of nitrogens with zero attached hydrogens (tertiary/aromatic N) is 3. The van der Waals surface area contributed by atoms with Crippen LogP contribution in [0.5, 0.6) is 0 Å². The summed E-state index contributed by atoms with van der Waals surface area (Å²) in [4.78, 5) is 16.4. The van der Waals surface area contributed by atoms with Crippen molar-refractivity contribution in [3.63, 3.8) is 0 Å². The Balaban J connectivity index is 1.93. The smallest absolute Gasteiger partial charge is 0.262 e. The van der Waals surface area contributed by atoms with Gasteiger partial charge in [-0.15, -0.1) is 0 Å². The maximum atomic E-state index is 13.1. The molecule has 1 saturated carbocycles. The van der Waals surface area contributed by atoms with Gasteiger partial charge in [-0.2, -0.15) is 4.31 Å². The number of hydrogen-bond acceptors (Lipinski definition) is 5. The maximum Gasteiger partial charge on any atom is 0.262 e. The van der Waals surface area contributed by atoms with E-state index < -0.39 is 10.0 Å². The molecule has 9 heteroatoms. The zero-order valence-electron chi connectivity index (χ0n) is 13.8. The highest BCUT2D eigenvalue weighted by atomic mass is 32.2. The number of imidazole rings is 1. The molecule has 2 atom stereocenters. The van der Waals surface area contributed by atoms with Gasteiger partial charge in [0, 0.05) is 39.0 Å². The minimum absolute atomic E-state index is 0.0341. The van der Waals surface area contributed by atoms with Gasteiger partial charge in [0.05, 0.1) is 18.9 Å². The van der Waals surface area contributed by atoms with Gasteiger partial charge in [0.15, 0.2) is 5.03 Å². The quantitative estimate of drug-likeness (QED) is 0.812. The minimum atomic E-state index is -3.73. The van der Waals surface area contributed by atoms with E-state index >= 15 is 0 Å². The van der Waals surface area contributed by atoms with E-state index in [0.717, 1.165) is 6.42 Å². The van der Waals surface area contributed by atoms with Crippen LogP contribution in [-0.4, -0.2) is 60.5 Å². The van der Waals surface area contributed by atoms with Gasteiger partial charge in [-0.3, -0.25) is 4.79 Å². The summed E-state index contributed by atoms with van der Waals surface area (Å²) < 4.78 is 34.7. The molecule has 2 aliphatic rings. The number of nitrogens with one attached hydrogen (secondary N) is 1. The highest BCUT2D eigenvalue weighted by molar-refractivity contribution is 7.89. The molecule has 134 valence electrons. The molecule has 1 aromatic rings. The lowest BCUT2D eigenvalue weighted by atomic mass is 10.0. The molecular formula is C15H24N4O4S. The Bertz CT molecular complexity index is 687. The van der Waals surface area contributed by atoms with E-state index in [-0.39, 0.29) is 22.9 Å². The second-order valence-electron chi connectivity index (χ2n) is 6.35. The van der Waals surface area contributed by atoms with Crippen molar-refractivity contribution in [2.75, 3.05) is 26.3 Å². The van der Waals surface area contributed by atoms with Gasteiger partial charge in [0.25, 0.3) is 10.0 Å². The molecule has 1 aromatic heterocycles. The SMILES string of the molecule is Cn1cnc(S(=O)(=O)N2CCCOCCNC(=O)[C@@H]3CCC[C@@H]32)c1. The van der Waals surface area contributed by atoms with Crippen LogP contribution in [0, 0.1) is 5.92 Å². The molecule has 8 nitrogen and oxygen atoms in total. The number of hydrogen-bond donors (Lipinski definition) is 1. The molecule has 24 heavy (non-hydrogen) atoms. The van der Waals surface area contributed by atoms with Crippen molar-refractivity contribution in [1.29, 1.82) is 0 Å². The van der Waals surface area contributed by atoms with Crippen molar-refractivity contribution >= 4 is 15.9 Å². The van der Waals surface area contributed by atoms with Gasteiger partial charge >= 0.3 is 0 Å². The van der Waals surface area contributed by atoms with Crippen LogP contribution >= 0.6 is 0 Å². The Morgan fingerprint density at radius 2 is 2.12 bits per heavy atom. The van der Waals surface area contributed by atoms with Crippen LogP contribution in [0.4, 0.5) is 0 Å². The van der Waals surface area contributed by atoms with Crippen LogP contribution in [-0.2, 0) is 26.6 Å². The van der Waals surface area contributed by atoms with Gasteiger partial charge in [0.2, 0.25) is 5.91 Å². The van der Waals surface area contributed by atoms with Gasteiger partial charge in [-0.25, -0.2) is 13.4 Å². The molecule has 0 radical (unpaired) electrons. The van der Waals surface area contributed by atoms with E-state index in [1.165, 1.54) is 16.8 Å². The zero-order valence-corrected chi connectivity index (χ0v) is 14.7. The summed E-state index contributed by atoms with van der Waals surface area (Å²) in [5.74, 6) is -0.384. The molecule has 1 aliphatic carbocycles. The standard InChI is InChI=1S/C15H24N4O4S/c1-18-10-14(17-11-18)24(21,22)19-7-3-8-23-9-6-16-15(20)12-4-2-5-13(12)19/h10-13H,2-9H2,1H3,(H,16,20)/t12-,13+/m1/s1. The highest BCUT2D eigenvalue weighted by Gasteiger charge is 2.42. The number of aromatic nitrogens is 2. The van der Waals surface area contributed by atoms with Crippen molar-refractivity contribution in [1.82, 2.24) is 19.2 Å². The van der Waals surface area contributed by atoms with Gasteiger partial charge in [-0.05, 0) is 19.3 Å². The van der Waals surface area contributed by atoms with Gasteiger partial charge < -0.3 is 14.6 Å². The monoisotopic (exact) mass is 356 g/mol. The number of rotatable bonds is 2. The van der Waals surface area contributed by atoms with E-state index in [0.29, 0.717) is 45.6 Å². The van der Waals surface area contributed by atoms with Crippen LogP contribution in [0.25, 0.3) is 0 Å². The lowest BCUT2D eigenvalue weighted by Crippen LogP contribution is -2.47. The number of ether oxygens (including phenoxy) is 1. The highest BCUT2D eigenvalue weighted by Crippen LogP contribution is 2.33. The van der Waals surface area contributed by atoms with Crippen molar-refractivity contribution in [3.05, 3.63) is 12.5 Å². The topological polar surface area (TPSA) is 93.5 Å². The van der Waals surface area contributed by atoms with Gasteiger partial charge in [0.1, 0.15) is 0 Å². The molecule has 1 amide bonds. The van der Waals surface area contributed by atoms with E-state index in [4.69, 9.17) is 4.74 Å². The summed E-state index contributed by atoms with van der Waals surface area (Å²) >= 11 is 0. The summed E-state index contributed by atoms with van der Waals surface area (Å²) in [7, 11) is -2.00. The average Bonchev–Trinajstić information content (AvgIpc) is 3.17. The number of carbonyl (C=O) groups excluding carboxylic acids is 1. The molecule has 0 bridgehead atoms. The first-order chi connectivity index (χ1) is 11.5. The number of amides is 1. The fourth-order valence-corrected chi connectivity index (χ4v) is 5.20. The zero-order chi connectivity index (χ0) is 17.2. The predicted octanol–water partition coefficient (Wildman–Crippen LogP) is 0.116. The Hall–Kier alpha value is -1.45. The van der Waals surface area contributed by atoms with Crippen molar-refractivity contribution in [3.8, 4) is 0 Å². The average molecular weight is 356 g/mol. The first-order valence-corrected chi connectivity index (χ1v) is 9.79. The number of aryl methyl sites for hydroxylation is 1. The second-order valence-corrected chi connectivity index (χ2v) is 8.19. The van der Waals surface area contributed by atoms with Gasteiger partial charge in [-0.1, -0.05) is 6.42 Å². The van der Waals surface area contributed by atoms with Crippen molar-refractivity contribution in [2.24, 2.45) is 13.0 Å². The third kappa shape index (κ3) is 3.47. The minimum Gasteiger partial charge on any atom is -0.380 e. The molecule has 1 saturated heterocycles. The number of fused-ring (bicyclic) bond motifs is 1. The summed E-state index contributed by atoms with van der Waals surface area (Å²) in [6, 6.07) is -0.310. The van der Waals surface area contributed by atoms with Crippen molar-refractivity contribution in [2.45, 2.75) is 36.8 Å². The maximum absolute atomic E-state index is 13.1. The fraction of sp³-hybridized carbons (Fsp3) is 0.733. The van der Waals surface area contributed by atoms with Crippen LogP contribution in [0.1, 0.15) is 25.7 Å². The molecule has 0 spiro atoms. The predicted molar refractivity (Wildman–Crippen MR) is 86.7 cm³/mol. The van der Waals surface area contributed by atoms with E-state index in [9.17, 15) is 13.2 Å². The van der Waals surface area contributed by atoms with Crippen LogP contribution in [0.2, 0.25) is 0 Å². The summed E-state index contributed by atoms with van der Waals surface area (Å²) in [6.07, 6.45) is 5.84. The molecule has 2 heterocycles. The van der Waals surface area contributed by atoms with Crippen LogP contribution in [0.15, 0.2) is 17.6 Å². The van der Waals surface area contributed by atoms with E-state index in [1.807, 2.05) is 0 Å². The van der Waals surface area contributed by atoms with Crippen LogP contribution in [0.3, 0.4) is 0 Å². The molecule has 0 unspecified atom stereocenters. The molecule has 2 fully saturated rings. The van der Waals surface area contributed by atoms with E-state index in [1.54, 1.807) is 11.6 Å². The van der Waals surface area contributed by atoms with Crippen molar-refractivity contribution < 1.29 is 17.9 Å². The summed E-state index contributed by atoms with van der Waals surface area (Å²) in [5, 5.41) is 2.90. The van der Waals surface area contributed by atoms with E-state index in [2.05, 4.69) is 10.3 Å². The third-order valence-electron chi connectivity index (χ3n) is 4.65. The molecule has 1 aliphatic heterocycles. The molecule has 3 rings (SSSR count). The largest absolute Gasteiger partial charge is 0.380 e. The lowest BCUT2D eigenvalue weighted by Gasteiger charge is -2.30. The Morgan fingerprint density at radius 3 is 2.88 bits per heavy atom. The Labute approximate surface area is 142 Å². The normalized spacial score (nSPS) is 27.3. The fourth-order valence-electron chi connectivity index (χ4n) is 3.50. The third-order valence-corrected chi connectivity index (χ3v) is 6.46. The number of sulfonamides is 1. The first-order valence-electron chi connectivity index (χ1n) is 8.35. The molecular weight excluding hydrogens is 332 g/mol. The Morgan fingerprint density at radius 1 is 1.29 bits per heavy atom. The summed E-state index contributed by atoms with van der Waals surface area (Å²) in [6.45, 7) is 1.74. The summed E-state index contributed by atoms with van der Waals surface area (Å²) in [5.41, 5.74) is 0. The molecule has 1 N–H and O–H groups in total.